The van der Waals surface area contributed by atoms with E-state index in [1.165, 1.54) is 0 Å². The summed E-state index contributed by atoms with van der Waals surface area (Å²) in [5.41, 5.74) is 0. The van der Waals surface area contributed by atoms with Crippen molar-refractivity contribution in [1.82, 2.24) is 4.90 Å². The predicted octanol–water partition coefficient (Wildman–Crippen LogP) is 0.569. The number of thioether (sulfide) groups is 2. The molecule has 0 aromatic carbocycles. The van der Waals surface area contributed by atoms with Gasteiger partial charge in [-0.2, -0.15) is 0 Å². The predicted molar refractivity (Wildman–Crippen MR) is 55.3 cm³/mol. The van der Waals surface area contributed by atoms with Crippen molar-refractivity contribution in [3.63, 3.8) is 0 Å². The van der Waals surface area contributed by atoms with Crippen LogP contribution in [0, 0.1) is 0 Å². The molecule has 0 amide bonds. The number of rotatable bonds is 4. The van der Waals surface area contributed by atoms with Gasteiger partial charge in [-0.25, -0.2) is 0 Å². The van der Waals surface area contributed by atoms with Gasteiger partial charge in [-0.05, 0) is 0 Å². The summed E-state index contributed by atoms with van der Waals surface area (Å²) in [5, 5.41) is 18.4. The third-order valence-corrected chi connectivity index (χ3v) is 4.14. The van der Waals surface area contributed by atoms with E-state index in [1.54, 1.807) is 28.4 Å². The molecule has 0 aliphatic carbocycles. The Hall–Kier alpha value is -0.400. The van der Waals surface area contributed by atoms with E-state index in [-0.39, 0.29) is 6.42 Å². The molecule has 1 heterocycles. The van der Waals surface area contributed by atoms with Crippen molar-refractivity contribution in [3.8, 4) is 0 Å². The molecule has 0 aromatic rings. The van der Waals surface area contributed by atoms with Crippen molar-refractivity contribution < 1.29 is 19.8 Å². The molecule has 0 bridgehead atoms. The van der Waals surface area contributed by atoms with E-state index in [4.69, 9.17) is 10.2 Å². The summed E-state index contributed by atoms with van der Waals surface area (Å²) in [6.45, 7) is 0. The van der Waals surface area contributed by atoms with Gasteiger partial charge in [0.15, 0.2) is 0 Å². The zero-order chi connectivity index (χ0) is 10.6. The van der Waals surface area contributed by atoms with Crippen LogP contribution in [0.25, 0.3) is 0 Å². The maximum Gasteiger partial charge on any atom is 0.321 e. The van der Waals surface area contributed by atoms with Gasteiger partial charge in [-0.3, -0.25) is 14.5 Å². The maximum atomic E-state index is 10.8. The van der Waals surface area contributed by atoms with Crippen molar-refractivity contribution in [2.45, 2.75) is 12.5 Å². The molecule has 5 nitrogen and oxygen atoms in total. The standard InChI is InChI=1S/C7H11NO4S2/c9-6(10)1-5(7(11)12)8-2-13-4-14-3-8/h5H,1-4H2,(H,9,10)(H,11,12). The highest BCUT2D eigenvalue weighted by molar-refractivity contribution is 8.16. The highest BCUT2D eigenvalue weighted by atomic mass is 32.2. The van der Waals surface area contributed by atoms with Crippen molar-refractivity contribution in [2.75, 3.05) is 16.8 Å². The molecular formula is C7H11NO4S2. The number of carboxylic acid groups (broad SMARTS) is 2. The van der Waals surface area contributed by atoms with Crippen molar-refractivity contribution in [1.29, 1.82) is 0 Å². The van der Waals surface area contributed by atoms with Gasteiger partial charge in [-0.1, -0.05) is 0 Å². The Morgan fingerprint density at radius 3 is 2.29 bits per heavy atom. The number of hydrogen-bond donors (Lipinski definition) is 2. The van der Waals surface area contributed by atoms with Gasteiger partial charge in [0.1, 0.15) is 6.04 Å². The number of aliphatic carboxylic acids is 2. The minimum atomic E-state index is -1.07. The van der Waals surface area contributed by atoms with Crippen LogP contribution in [0.5, 0.6) is 0 Å². The molecule has 2 N–H and O–H groups in total. The fourth-order valence-electron chi connectivity index (χ4n) is 1.12. The second-order valence-electron chi connectivity index (χ2n) is 2.82. The normalized spacial score (nSPS) is 20.3. The van der Waals surface area contributed by atoms with Crippen molar-refractivity contribution >= 4 is 35.5 Å². The van der Waals surface area contributed by atoms with Crippen LogP contribution in [0.1, 0.15) is 6.42 Å². The fourth-order valence-corrected chi connectivity index (χ4v) is 3.32. The van der Waals surface area contributed by atoms with Crippen molar-refractivity contribution in [2.24, 2.45) is 0 Å². The summed E-state index contributed by atoms with van der Waals surface area (Å²) < 4.78 is 0. The van der Waals surface area contributed by atoms with Gasteiger partial charge in [0.2, 0.25) is 0 Å². The molecule has 80 valence electrons. The minimum absolute atomic E-state index is 0.337. The highest BCUT2D eigenvalue weighted by Crippen LogP contribution is 2.24. The van der Waals surface area contributed by atoms with Crippen LogP contribution < -0.4 is 0 Å². The second kappa shape index (κ2) is 5.47. The van der Waals surface area contributed by atoms with Crippen LogP contribution >= 0.6 is 23.5 Å². The molecule has 1 unspecified atom stereocenters. The average molecular weight is 237 g/mol. The molecule has 0 spiro atoms. The number of carboxylic acids is 2. The maximum absolute atomic E-state index is 10.8. The van der Waals surface area contributed by atoms with E-state index in [0.29, 0.717) is 11.8 Å². The molecule has 0 radical (unpaired) electrons. The first-order valence-corrected chi connectivity index (χ1v) is 6.26. The van der Waals surface area contributed by atoms with Gasteiger partial charge in [0.05, 0.1) is 6.42 Å². The SMILES string of the molecule is O=C(O)CC(C(=O)O)N1CSCSC1. The molecule has 1 aliphatic rings. The van der Waals surface area contributed by atoms with Crippen molar-refractivity contribution in [3.05, 3.63) is 0 Å². The Balaban J connectivity index is 2.56. The van der Waals surface area contributed by atoms with Crippen LogP contribution in [0.2, 0.25) is 0 Å². The smallest absolute Gasteiger partial charge is 0.321 e. The fraction of sp³-hybridized carbons (Fsp3) is 0.714. The molecule has 1 fully saturated rings. The van der Waals surface area contributed by atoms with Gasteiger partial charge in [-0.15, -0.1) is 23.5 Å². The number of nitrogens with zero attached hydrogens (tertiary/aromatic N) is 1. The lowest BCUT2D eigenvalue weighted by molar-refractivity contribution is -0.149. The van der Waals surface area contributed by atoms with E-state index >= 15 is 0 Å². The Kier molecular flexibility index (Phi) is 4.56. The van der Waals surface area contributed by atoms with Gasteiger partial charge >= 0.3 is 11.9 Å². The summed E-state index contributed by atoms with van der Waals surface area (Å²) in [6.07, 6.45) is -0.337. The molecule has 0 saturated carbocycles. The first-order valence-electron chi connectivity index (χ1n) is 3.95. The van der Waals surface area contributed by atoms with Crippen LogP contribution in [-0.4, -0.2) is 49.9 Å². The highest BCUT2D eigenvalue weighted by Gasteiger charge is 2.29. The Labute approximate surface area is 89.8 Å². The Bertz CT molecular complexity index is 230. The topological polar surface area (TPSA) is 77.8 Å². The third-order valence-electron chi connectivity index (χ3n) is 1.77. The van der Waals surface area contributed by atoms with Crippen LogP contribution in [0.4, 0.5) is 0 Å². The molecule has 1 aliphatic heterocycles. The molecule has 1 saturated heterocycles. The lowest BCUT2D eigenvalue weighted by atomic mass is 10.2. The van der Waals surface area contributed by atoms with Gasteiger partial charge in [0.25, 0.3) is 0 Å². The summed E-state index contributed by atoms with van der Waals surface area (Å²) >= 11 is 3.22. The summed E-state index contributed by atoms with van der Waals surface area (Å²) in [6, 6.07) is -0.896. The van der Waals surface area contributed by atoms with E-state index in [9.17, 15) is 9.59 Å². The summed E-state index contributed by atoms with van der Waals surface area (Å²) in [4.78, 5) is 22.9. The second-order valence-corrected chi connectivity index (χ2v) is 5.10. The van der Waals surface area contributed by atoms with Crippen LogP contribution in [-0.2, 0) is 9.59 Å². The molecule has 7 heteroatoms. The average Bonchev–Trinajstić information content (AvgIpc) is 2.15. The lowest BCUT2D eigenvalue weighted by Crippen LogP contribution is -2.43. The minimum Gasteiger partial charge on any atom is -0.481 e. The third kappa shape index (κ3) is 3.39. The molecule has 1 atom stereocenters. The van der Waals surface area contributed by atoms with Crippen LogP contribution in [0.3, 0.4) is 0 Å². The molecule has 0 aromatic heterocycles. The van der Waals surface area contributed by atoms with Crippen LogP contribution in [0.15, 0.2) is 0 Å². The zero-order valence-electron chi connectivity index (χ0n) is 7.38. The first-order chi connectivity index (χ1) is 6.61. The van der Waals surface area contributed by atoms with E-state index in [2.05, 4.69) is 0 Å². The number of hydrogen-bond acceptors (Lipinski definition) is 5. The molecular weight excluding hydrogens is 226 g/mol. The van der Waals surface area contributed by atoms with Gasteiger partial charge in [0, 0.05) is 16.8 Å². The summed E-state index contributed by atoms with van der Waals surface area (Å²) in [5.74, 6) is -0.942. The van der Waals surface area contributed by atoms with E-state index < -0.39 is 18.0 Å². The summed E-state index contributed by atoms with van der Waals surface area (Å²) in [7, 11) is 0. The monoisotopic (exact) mass is 237 g/mol. The van der Waals surface area contributed by atoms with E-state index in [1.807, 2.05) is 0 Å². The zero-order valence-corrected chi connectivity index (χ0v) is 9.01. The molecule has 14 heavy (non-hydrogen) atoms. The Morgan fingerprint density at radius 1 is 1.29 bits per heavy atom. The van der Waals surface area contributed by atoms with Gasteiger partial charge < -0.3 is 10.2 Å². The quantitative estimate of drug-likeness (QED) is 0.740. The first kappa shape index (κ1) is 11.7. The lowest BCUT2D eigenvalue weighted by Gasteiger charge is -2.30. The number of carbonyl (C=O) groups is 2. The molecule has 1 rings (SSSR count). The van der Waals surface area contributed by atoms with E-state index in [0.717, 1.165) is 5.08 Å². The Morgan fingerprint density at radius 2 is 1.86 bits per heavy atom. The largest absolute Gasteiger partial charge is 0.481 e.